The number of aliphatic hydroxyl groups excluding tert-OH is 1. The first kappa shape index (κ1) is 13.1. The maximum atomic E-state index is 11.9. The number of rotatable bonds is 5. The first-order valence-electron chi connectivity index (χ1n) is 6.36. The highest BCUT2D eigenvalue weighted by atomic mass is 16.5. The summed E-state index contributed by atoms with van der Waals surface area (Å²) in [7, 11) is 0. The number of nitrogens with zero attached hydrogens (tertiary/aromatic N) is 1. The van der Waals surface area contributed by atoms with E-state index in [0.717, 1.165) is 31.5 Å². The van der Waals surface area contributed by atoms with Crippen molar-refractivity contribution in [3.05, 3.63) is 35.9 Å². The summed E-state index contributed by atoms with van der Waals surface area (Å²) in [5.74, 6) is -0.330. The van der Waals surface area contributed by atoms with Crippen molar-refractivity contribution in [3.8, 4) is 0 Å². The van der Waals surface area contributed by atoms with Gasteiger partial charge in [-0.15, -0.1) is 0 Å². The Bertz CT molecular complexity index is 374. The van der Waals surface area contributed by atoms with Gasteiger partial charge in [0, 0.05) is 0 Å². The van der Waals surface area contributed by atoms with Gasteiger partial charge in [0.1, 0.15) is 12.6 Å². The fourth-order valence-electron chi connectivity index (χ4n) is 2.22. The van der Waals surface area contributed by atoms with Crippen molar-refractivity contribution in [2.75, 3.05) is 19.7 Å². The molecule has 2 rings (SSSR count). The number of benzene rings is 1. The summed E-state index contributed by atoms with van der Waals surface area (Å²) in [5.41, 5.74) is 0.962. The first-order chi connectivity index (χ1) is 8.81. The molecular formula is C14H19NO3. The second-order valence-electron chi connectivity index (χ2n) is 4.53. The van der Waals surface area contributed by atoms with E-state index in [4.69, 9.17) is 4.74 Å². The lowest BCUT2D eigenvalue weighted by molar-refractivity contribution is -0.152. The van der Waals surface area contributed by atoms with E-state index >= 15 is 0 Å². The average Bonchev–Trinajstić information content (AvgIpc) is 2.92. The third kappa shape index (κ3) is 3.31. The van der Waals surface area contributed by atoms with Crippen molar-refractivity contribution in [1.82, 2.24) is 4.90 Å². The summed E-state index contributed by atoms with van der Waals surface area (Å²) in [4.78, 5) is 13.9. The third-order valence-electron chi connectivity index (χ3n) is 3.25. The summed E-state index contributed by atoms with van der Waals surface area (Å²) in [6.07, 6.45) is 2.17. The maximum Gasteiger partial charge on any atom is 0.326 e. The number of carbonyl (C=O) groups is 1. The molecule has 1 N–H and O–H groups in total. The SMILES string of the molecule is O=C(OCc1ccccc1)C(CO)N1CCCC1. The monoisotopic (exact) mass is 249 g/mol. The van der Waals surface area contributed by atoms with Gasteiger partial charge in [0.2, 0.25) is 0 Å². The van der Waals surface area contributed by atoms with Crippen molar-refractivity contribution in [2.24, 2.45) is 0 Å². The first-order valence-corrected chi connectivity index (χ1v) is 6.36. The molecule has 1 aliphatic heterocycles. The van der Waals surface area contributed by atoms with Crippen LogP contribution in [0.15, 0.2) is 30.3 Å². The molecule has 1 unspecified atom stereocenters. The van der Waals surface area contributed by atoms with Crippen molar-refractivity contribution < 1.29 is 14.6 Å². The van der Waals surface area contributed by atoms with Crippen LogP contribution in [0.3, 0.4) is 0 Å². The molecule has 0 saturated carbocycles. The van der Waals surface area contributed by atoms with Crippen LogP contribution in [0.2, 0.25) is 0 Å². The van der Waals surface area contributed by atoms with Crippen LogP contribution in [0.4, 0.5) is 0 Å². The zero-order valence-corrected chi connectivity index (χ0v) is 10.4. The molecule has 1 aromatic carbocycles. The third-order valence-corrected chi connectivity index (χ3v) is 3.25. The molecule has 0 radical (unpaired) electrons. The predicted octanol–water partition coefficient (Wildman–Crippen LogP) is 1.19. The molecule has 18 heavy (non-hydrogen) atoms. The second kappa shape index (κ2) is 6.52. The lowest BCUT2D eigenvalue weighted by atomic mass is 10.2. The highest BCUT2D eigenvalue weighted by Crippen LogP contribution is 2.13. The van der Waals surface area contributed by atoms with Gasteiger partial charge < -0.3 is 9.84 Å². The molecular weight excluding hydrogens is 230 g/mol. The van der Waals surface area contributed by atoms with Crippen molar-refractivity contribution >= 4 is 5.97 Å². The molecule has 1 atom stereocenters. The Morgan fingerprint density at radius 3 is 2.56 bits per heavy atom. The van der Waals surface area contributed by atoms with Gasteiger partial charge in [0.25, 0.3) is 0 Å². The van der Waals surface area contributed by atoms with Gasteiger partial charge in [-0.1, -0.05) is 30.3 Å². The van der Waals surface area contributed by atoms with Crippen molar-refractivity contribution in [2.45, 2.75) is 25.5 Å². The molecule has 0 amide bonds. The number of hydrogen-bond acceptors (Lipinski definition) is 4. The largest absolute Gasteiger partial charge is 0.460 e. The number of hydrogen-bond donors (Lipinski definition) is 1. The van der Waals surface area contributed by atoms with E-state index in [-0.39, 0.29) is 19.2 Å². The van der Waals surface area contributed by atoms with E-state index in [1.807, 2.05) is 35.2 Å². The fraction of sp³-hybridized carbons (Fsp3) is 0.500. The Kier molecular flexibility index (Phi) is 4.73. The molecule has 1 saturated heterocycles. The normalized spacial score (nSPS) is 17.6. The van der Waals surface area contributed by atoms with E-state index in [0.29, 0.717) is 0 Å². The van der Waals surface area contributed by atoms with Crippen LogP contribution in [0.25, 0.3) is 0 Å². The molecule has 1 heterocycles. The number of likely N-dealkylation sites (tertiary alicyclic amines) is 1. The maximum absolute atomic E-state index is 11.9. The molecule has 0 aliphatic carbocycles. The molecule has 1 fully saturated rings. The topological polar surface area (TPSA) is 49.8 Å². The van der Waals surface area contributed by atoms with E-state index in [1.54, 1.807) is 0 Å². The minimum atomic E-state index is -0.504. The number of esters is 1. The van der Waals surface area contributed by atoms with E-state index in [9.17, 15) is 9.90 Å². The van der Waals surface area contributed by atoms with Gasteiger partial charge >= 0.3 is 5.97 Å². The van der Waals surface area contributed by atoms with E-state index in [2.05, 4.69) is 0 Å². The average molecular weight is 249 g/mol. The molecule has 98 valence electrons. The highest BCUT2D eigenvalue weighted by molar-refractivity contribution is 5.76. The summed E-state index contributed by atoms with van der Waals surface area (Å²) < 4.78 is 5.25. The Labute approximate surface area is 107 Å². The van der Waals surface area contributed by atoms with Gasteiger partial charge in [-0.25, -0.2) is 0 Å². The van der Waals surface area contributed by atoms with Crippen LogP contribution in [0.1, 0.15) is 18.4 Å². The van der Waals surface area contributed by atoms with Crippen LogP contribution >= 0.6 is 0 Å². The number of carbonyl (C=O) groups excluding carboxylic acids is 1. The Morgan fingerprint density at radius 2 is 1.94 bits per heavy atom. The summed E-state index contributed by atoms with van der Waals surface area (Å²) in [5, 5.41) is 9.31. The number of aliphatic hydroxyl groups is 1. The fourth-order valence-corrected chi connectivity index (χ4v) is 2.22. The smallest absolute Gasteiger partial charge is 0.326 e. The molecule has 0 spiro atoms. The highest BCUT2D eigenvalue weighted by Gasteiger charge is 2.28. The summed E-state index contributed by atoms with van der Waals surface area (Å²) in [6.45, 7) is 1.83. The molecule has 4 heteroatoms. The van der Waals surface area contributed by atoms with Crippen LogP contribution in [0.5, 0.6) is 0 Å². The van der Waals surface area contributed by atoms with Crippen LogP contribution in [0, 0.1) is 0 Å². The molecule has 1 aromatic rings. The standard InChI is InChI=1S/C14H19NO3/c16-10-13(15-8-4-5-9-15)14(17)18-11-12-6-2-1-3-7-12/h1-3,6-7,13,16H,4-5,8-11H2. The Hall–Kier alpha value is -1.39. The Balaban J connectivity index is 1.86. The van der Waals surface area contributed by atoms with E-state index in [1.165, 1.54) is 0 Å². The lowest BCUT2D eigenvalue weighted by Gasteiger charge is -2.23. The lowest BCUT2D eigenvalue weighted by Crippen LogP contribution is -2.43. The van der Waals surface area contributed by atoms with Crippen LogP contribution in [-0.2, 0) is 16.1 Å². The summed E-state index contributed by atoms with van der Waals surface area (Å²) >= 11 is 0. The van der Waals surface area contributed by atoms with Crippen LogP contribution < -0.4 is 0 Å². The minimum Gasteiger partial charge on any atom is -0.460 e. The van der Waals surface area contributed by atoms with Crippen molar-refractivity contribution in [1.29, 1.82) is 0 Å². The second-order valence-corrected chi connectivity index (χ2v) is 4.53. The predicted molar refractivity (Wildman–Crippen MR) is 67.9 cm³/mol. The zero-order chi connectivity index (χ0) is 12.8. The van der Waals surface area contributed by atoms with Gasteiger partial charge in [-0.3, -0.25) is 9.69 Å². The van der Waals surface area contributed by atoms with E-state index < -0.39 is 6.04 Å². The number of ether oxygens (including phenoxy) is 1. The Morgan fingerprint density at radius 1 is 1.28 bits per heavy atom. The molecule has 0 bridgehead atoms. The van der Waals surface area contributed by atoms with Gasteiger partial charge in [0.15, 0.2) is 0 Å². The van der Waals surface area contributed by atoms with Crippen molar-refractivity contribution in [3.63, 3.8) is 0 Å². The zero-order valence-electron chi connectivity index (χ0n) is 10.4. The summed E-state index contributed by atoms with van der Waals surface area (Å²) in [6, 6.07) is 9.07. The van der Waals surface area contributed by atoms with Gasteiger partial charge in [-0.2, -0.15) is 0 Å². The minimum absolute atomic E-state index is 0.173. The molecule has 0 aromatic heterocycles. The quantitative estimate of drug-likeness (QED) is 0.796. The van der Waals surface area contributed by atoms with Crippen LogP contribution in [-0.4, -0.2) is 41.7 Å². The van der Waals surface area contributed by atoms with Gasteiger partial charge in [-0.05, 0) is 31.5 Å². The molecule has 1 aliphatic rings. The molecule has 4 nitrogen and oxygen atoms in total. The van der Waals surface area contributed by atoms with Gasteiger partial charge in [0.05, 0.1) is 6.61 Å².